The highest BCUT2D eigenvalue weighted by molar-refractivity contribution is 5.90. The summed E-state index contributed by atoms with van der Waals surface area (Å²) in [5.74, 6) is -1.02. The van der Waals surface area contributed by atoms with Crippen molar-refractivity contribution >= 4 is 5.97 Å². The van der Waals surface area contributed by atoms with Crippen molar-refractivity contribution < 1.29 is 9.90 Å². The first-order valence-electron chi connectivity index (χ1n) is 8.99. The minimum atomic E-state index is -1.02. The van der Waals surface area contributed by atoms with E-state index in [4.69, 9.17) is 0 Å². The van der Waals surface area contributed by atoms with E-state index < -0.39 is 5.97 Å². The summed E-state index contributed by atoms with van der Waals surface area (Å²) in [5, 5.41) is 17.6. The molecule has 5 heteroatoms. The van der Waals surface area contributed by atoms with Crippen molar-refractivity contribution in [1.82, 2.24) is 15.1 Å². The second kappa shape index (κ2) is 7.37. The molecule has 0 unspecified atom stereocenters. The standard InChI is InChI=1S/C22H25N3O2/c1-15-10-12-16(13-11-15)20-18(14-23-22(2,3)4)19(21(26)27)24-25(20)17-8-6-5-7-9-17/h5-13,23H,14H2,1-4H3,(H,26,27). The molecule has 1 heterocycles. The molecule has 0 amide bonds. The first-order valence-corrected chi connectivity index (χ1v) is 8.99. The van der Waals surface area contributed by atoms with Crippen molar-refractivity contribution in [2.24, 2.45) is 0 Å². The monoisotopic (exact) mass is 363 g/mol. The topological polar surface area (TPSA) is 67.2 Å². The van der Waals surface area contributed by atoms with Gasteiger partial charge in [-0.25, -0.2) is 9.48 Å². The summed E-state index contributed by atoms with van der Waals surface area (Å²) in [6.45, 7) is 8.62. The second-order valence-electron chi connectivity index (χ2n) is 7.70. The number of carboxylic acid groups (broad SMARTS) is 1. The Bertz CT molecular complexity index is 936. The molecule has 3 rings (SSSR count). The minimum absolute atomic E-state index is 0.0752. The van der Waals surface area contributed by atoms with Crippen LogP contribution in [0.3, 0.4) is 0 Å². The molecule has 140 valence electrons. The molecule has 3 aromatic rings. The van der Waals surface area contributed by atoms with Crippen LogP contribution in [0.4, 0.5) is 0 Å². The second-order valence-corrected chi connectivity index (χ2v) is 7.70. The van der Waals surface area contributed by atoms with Crippen LogP contribution < -0.4 is 5.32 Å². The number of carboxylic acids is 1. The van der Waals surface area contributed by atoms with Gasteiger partial charge < -0.3 is 10.4 Å². The van der Waals surface area contributed by atoms with Crippen LogP contribution in [0.1, 0.15) is 42.4 Å². The number of carbonyl (C=O) groups is 1. The number of nitrogens with zero attached hydrogens (tertiary/aromatic N) is 2. The van der Waals surface area contributed by atoms with E-state index in [9.17, 15) is 9.90 Å². The molecule has 5 nitrogen and oxygen atoms in total. The van der Waals surface area contributed by atoms with E-state index in [0.29, 0.717) is 12.1 Å². The molecule has 0 fully saturated rings. The fourth-order valence-electron chi connectivity index (χ4n) is 2.91. The third-order valence-electron chi connectivity index (χ3n) is 4.31. The van der Waals surface area contributed by atoms with Crippen LogP contribution >= 0.6 is 0 Å². The summed E-state index contributed by atoms with van der Waals surface area (Å²) in [4.78, 5) is 11.9. The highest BCUT2D eigenvalue weighted by atomic mass is 16.4. The van der Waals surface area contributed by atoms with Crippen LogP contribution in [0.15, 0.2) is 54.6 Å². The Morgan fingerprint density at radius 1 is 1.07 bits per heavy atom. The summed E-state index contributed by atoms with van der Waals surface area (Å²) >= 11 is 0. The lowest BCUT2D eigenvalue weighted by atomic mass is 10.0. The van der Waals surface area contributed by atoms with Crippen molar-refractivity contribution in [2.75, 3.05) is 0 Å². The van der Waals surface area contributed by atoms with E-state index in [-0.39, 0.29) is 11.2 Å². The SMILES string of the molecule is Cc1ccc(-c2c(CNC(C)(C)C)c(C(=O)O)nn2-c2ccccc2)cc1. The summed E-state index contributed by atoms with van der Waals surface area (Å²) in [5.41, 5.74) is 4.34. The average molecular weight is 363 g/mol. The molecule has 0 radical (unpaired) electrons. The maximum Gasteiger partial charge on any atom is 0.356 e. The number of rotatable bonds is 5. The molecule has 2 N–H and O–H groups in total. The van der Waals surface area contributed by atoms with Crippen molar-refractivity contribution in [3.05, 3.63) is 71.4 Å². The number of aryl methyl sites for hydroxylation is 1. The summed E-state index contributed by atoms with van der Waals surface area (Å²) in [7, 11) is 0. The van der Waals surface area contributed by atoms with E-state index >= 15 is 0 Å². The first kappa shape index (κ1) is 18.9. The van der Waals surface area contributed by atoms with Crippen molar-refractivity contribution in [3.63, 3.8) is 0 Å². The largest absolute Gasteiger partial charge is 0.476 e. The van der Waals surface area contributed by atoms with Gasteiger partial charge in [0.05, 0.1) is 11.4 Å². The predicted molar refractivity (Wildman–Crippen MR) is 107 cm³/mol. The molecular weight excluding hydrogens is 338 g/mol. The van der Waals surface area contributed by atoms with Crippen LogP contribution in [0.2, 0.25) is 0 Å². The molecule has 0 spiro atoms. The lowest BCUT2D eigenvalue weighted by Gasteiger charge is -2.21. The molecule has 0 aliphatic rings. The molecular formula is C22H25N3O2. The van der Waals surface area contributed by atoms with Gasteiger partial charge in [-0.1, -0.05) is 48.0 Å². The molecule has 0 atom stereocenters. The van der Waals surface area contributed by atoms with Gasteiger partial charge in [0.15, 0.2) is 5.69 Å². The molecule has 0 bridgehead atoms. The Kier molecular flexibility index (Phi) is 5.15. The predicted octanol–water partition coefficient (Wildman–Crippen LogP) is 4.43. The van der Waals surface area contributed by atoms with Gasteiger partial charge in [0.2, 0.25) is 0 Å². The molecule has 0 saturated heterocycles. The zero-order valence-electron chi connectivity index (χ0n) is 16.2. The average Bonchev–Trinajstić information content (AvgIpc) is 3.00. The molecule has 0 saturated carbocycles. The fraction of sp³-hybridized carbons (Fsp3) is 0.273. The Hall–Kier alpha value is -2.92. The summed E-state index contributed by atoms with van der Waals surface area (Å²) < 4.78 is 1.73. The van der Waals surface area contributed by atoms with Gasteiger partial charge in [-0.15, -0.1) is 0 Å². The summed E-state index contributed by atoms with van der Waals surface area (Å²) in [6.07, 6.45) is 0. The summed E-state index contributed by atoms with van der Waals surface area (Å²) in [6, 6.07) is 17.7. The molecule has 0 aliphatic carbocycles. The maximum absolute atomic E-state index is 11.9. The number of hydrogen-bond donors (Lipinski definition) is 2. The minimum Gasteiger partial charge on any atom is -0.476 e. The zero-order chi connectivity index (χ0) is 19.6. The normalized spacial score (nSPS) is 11.6. The molecule has 2 aromatic carbocycles. The van der Waals surface area contributed by atoms with E-state index in [1.165, 1.54) is 0 Å². The van der Waals surface area contributed by atoms with Crippen LogP contribution in [0.25, 0.3) is 16.9 Å². The van der Waals surface area contributed by atoms with Crippen LogP contribution in [-0.2, 0) is 6.54 Å². The lowest BCUT2D eigenvalue weighted by Crippen LogP contribution is -2.35. The van der Waals surface area contributed by atoms with Crippen LogP contribution in [-0.4, -0.2) is 26.4 Å². The number of aromatic nitrogens is 2. The van der Waals surface area contributed by atoms with Gasteiger partial charge in [-0.2, -0.15) is 5.10 Å². The van der Waals surface area contributed by atoms with Crippen molar-refractivity contribution in [2.45, 2.75) is 39.8 Å². The van der Waals surface area contributed by atoms with Gasteiger partial charge in [0.25, 0.3) is 0 Å². The fourth-order valence-corrected chi connectivity index (χ4v) is 2.91. The van der Waals surface area contributed by atoms with Gasteiger partial charge in [-0.3, -0.25) is 0 Å². The lowest BCUT2D eigenvalue weighted by molar-refractivity contribution is 0.0688. The maximum atomic E-state index is 11.9. The molecule has 0 aliphatic heterocycles. The third kappa shape index (κ3) is 4.26. The Labute approximate surface area is 159 Å². The van der Waals surface area contributed by atoms with Gasteiger partial charge in [-0.05, 0) is 39.8 Å². The molecule has 1 aromatic heterocycles. The number of para-hydroxylation sites is 1. The van der Waals surface area contributed by atoms with Crippen molar-refractivity contribution in [3.8, 4) is 16.9 Å². The first-order chi connectivity index (χ1) is 12.8. The van der Waals surface area contributed by atoms with E-state index in [1.807, 2.05) is 61.5 Å². The van der Waals surface area contributed by atoms with Crippen LogP contribution in [0.5, 0.6) is 0 Å². The quantitative estimate of drug-likeness (QED) is 0.703. The Morgan fingerprint density at radius 2 is 1.70 bits per heavy atom. The van der Waals surface area contributed by atoms with Crippen molar-refractivity contribution in [1.29, 1.82) is 0 Å². The Balaban J connectivity index is 2.24. The molecule has 27 heavy (non-hydrogen) atoms. The van der Waals surface area contributed by atoms with E-state index in [1.54, 1.807) is 4.68 Å². The van der Waals surface area contributed by atoms with E-state index in [2.05, 4.69) is 31.2 Å². The number of hydrogen-bond acceptors (Lipinski definition) is 3. The zero-order valence-corrected chi connectivity index (χ0v) is 16.2. The smallest absolute Gasteiger partial charge is 0.356 e. The van der Waals surface area contributed by atoms with Crippen LogP contribution in [0, 0.1) is 6.92 Å². The van der Waals surface area contributed by atoms with Gasteiger partial charge >= 0.3 is 5.97 Å². The van der Waals surface area contributed by atoms with Gasteiger partial charge in [0, 0.05) is 23.2 Å². The number of benzene rings is 2. The number of nitrogens with one attached hydrogen (secondary N) is 1. The van der Waals surface area contributed by atoms with Gasteiger partial charge in [0.1, 0.15) is 0 Å². The third-order valence-corrected chi connectivity index (χ3v) is 4.31. The number of aromatic carboxylic acids is 1. The highest BCUT2D eigenvalue weighted by Gasteiger charge is 2.25. The highest BCUT2D eigenvalue weighted by Crippen LogP contribution is 2.30. The Morgan fingerprint density at radius 3 is 2.26 bits per heavy atom. The van der Waals surface area contributed by atoms with E-state index in [0.717, 1.165) is 22.5 Å².